The summed E-state index contributed by atoms with van der Waals surface area (Å²) < 4.78 is 1.13. The third kappa shape index (κ3) is 3.22. The van der Waals surface area contributed by atoms with Crippen LogP contribution in [0.1, 0.15) is 30.1 Å². The second-order valence-corrected chi connectivity index (χ2v) is 5.89. The highest BCUT2D eigenvalue weighted by molar-refractivity contribution is 5.97. The zero-order chi connectivity index (χ0) is 16.6. The van der Waals surface area contributed by atoms with Crippen molar-refractivity contribution in [1.29, 1.82) is 0 Å². The van der Waals surface area contributed by atoms with Gasteiger partial charge in [0, 0.05) is 31.2 Å². The normalized spacial score (nSPS) is 17.6. The number of nitrogens with two attached hydrogens (primary N) is 1. The van der Waals surface area contributed by atoms with E-state index < -0.39 is 5.69 Å². The molecule has 8 heteroatoms. The highest BCUT2D eigenvalue weighted by Gasteiger charge is 2.22. The summed E-state index contributed by atoms with van der Waals surface area (Å²) in [7, 11) is 0. The molecule has 130 valence electrons. The molecule has 0 bridgehead atoms. The number of rotatable bonds is 2. The van der Waals surface area contributed by atoms with Gasteiger partial charge >= 0.3 is 5.69 Å². The van der Waals surface area contributed by atoms with Crippen molar-refractivity contribution in [2.24, 2.45) is 5.73 Å². The van der Waals surface area contributed by atoms with Crippen LogP contribution in [0.25, 0.3) is 10.9 Å². The highest BCUT2D eigenvalue weighted by atomic mass is 35.5. The van der Waals surface area contributed by atoms with Gasteiger partial charge in [-0.05, 0) is 38.0 Å². The van der Waals surface area contributed by atoms with Crippen molar-refractivity contribution < 1.29 is 4.79 Å². The van der Waals surface area contributed by atoms with Gasteiger partial charge < -0.3 is 15.6 Å². The van der Waals surface area contributed by atoms with Gasteiger partial charge in [-0.1, -0.05) is 0 Å². The van der Waals surface area contributed by atoms with Crippen LogP contribution in [0.2, 0.25) is 0 Å². The summed E-state index contributed by atoms with van der Waals surface area (Å²) in [6, 6.07) is 4.80. The Bertz CT molecular complexity index is 874. The van der Waals surface area contributed by atoms with E-state index in [0.717, 1.165) is 17.4 Å². The zero-order valence-corrected chi connectivity index (χ0v) is 14.3. The molecule has 1 aliphatic rings. The zero-order valence-electron chi connectivity index (χ0n) is 13.4. The number of hydrogen-bond donors (Lipinski definition) is 2. The van der Waals surface area contributed by atoms with Crippen LogP contribution in [-0.2, 0) is 6.54 Å². The minimum atomic E-state index is -0.463. The maximum Gasteiger partial charge on any atom is 0.328 e. The molecule has 1 atom stereocenters. The van der Waals surface area contributed by atoms with Gasteiger partial charge in [-0.2, -0.15) is 0 Å². The number of hydrogen-bond acceptors (Lipinski definition) is 4. The fraction of sp³-hybridized carbons (Fsp3) is 0.438. The van der Waals surface area contributed by atoms with E-state index in [0.29, 0.717) is 36.1 Å². The first-order chi connectivity index (χ1) is 11.0. The maximum absolute atomic E-state index is 12.6. The molecule has 0 aliphatic carbocycles. The number of nitrogens with zero attached hydrogens (tertiary/aromatic N) is 2. The lowest BCUT2D eigenvalue weighted by atomic mass is 10.0. The summed E-state index contributed by atoms with van der Waals surface area (Å²) in [5, 5.41) is 0.401. The second kappa shape index (κ2) is 7.19. The SMILES string of the molecule is CCn1c(=O)[nH]c2cc(C(=O)N3CCCC(N)C3)ccc2c1=O.Cl. The van der Waals surface area contributed by atoms with Crippen LogP contribution in [0.3, 0.4) is 0 Å². The van der Waals surface area contributed by atoms with Crippen molar-refractivity contribution in [3.8, 4) is 0 Å². The molecule has 1 unspecified atom stereocenters. The summed E-state index contributed by atoms with van der Waals surface area (Å²) in [6.07, 6.45) is 1.81. The number of piperidine rings is 1. The van der Waals surface area contributed by atoms with E-state index >= 15 is 0 Å². The molecule has 0 spiro atoms. The lowest BCUT2D eigenvalue weighted by Gasteiger charge is -2.30. The predicted molar refractivity (Wildman–Crippen MR) is 94.9 cm³/mol. The van der Waals surface area contributed by atoms with E-state index in [2.05, 4.69) is 4.98 Å². The number of carbonyl (C=O) groups is 1. The van der Waals surface area contributed by atoms with Crippen LogP contribution < -0.4 is 17.0 Å². The van der Waals surface area contributed by atoms with Gasteiger partial charge in [-0.15, -0.1) is 12.4 Å². The van der Waals surface area contributed by atoms with E-state index in [1.165, 1.54) is 0 Å². The Balaban J connectivity index is 0.00000208. The second-order valence-electron chi connectivity index (χ2n) is 5.89. The summed E-state index contributed by atoms with van der Waals surface area (Å²) in [6.45, 7) is 3.25. The number of aromatic nitrogens is 2. The average molecular weight is 353 g/mol. The molecule has 3 N–H and O–H groups in total. The average Bonchev–Trinajstić information content (AvgIpc) is 2.54. The van der Waals surface area contributed by atoms with Crippen LogP contribution in [0.5, 0.6) is 0 Å². The molecular weight excluding hydrogens is 332 g/mol. The molecule has 1 aromatic carbocycles. The Morgan fingerprint density at radius 3 is 2.79 bits per heavy atom. The van der Waals surface area contributed by atoms with Gasteiger partial charge in [-0.25, -0.2) is 4.79 Å². The topological polar surface area (TPSA) is 101 Å². The van der Waals surface area contributed by atoms with Crippen LogP contribution >= 0.6 is 12.4 Å². The molecule has 1 saturated heterocycles. The van der Waals surface area contributed by atoms with Crippen molar-refractivity contribution in [2.45, 2.75) is 32.4 Å². The summed E-state index contributed by atoms with van der Waals surface area (Å²) in [5.41, 5.74) is 5.95. The molecule has 2 aromatic rings. The van der Waals surface area contributed by atoms with E-state index in [1.807, 2.05) is 0 Å². The Morgan fingerprint density at radius 2 is 2.12 bits per heavy atom. The molecule has 0 saturated carbocycles. The minimum absolute atomic E-state index is 0. The van der Waals surface area contributed by atoms with E-state index in [9.17, 15) is 14.4 Å². The van der Waals surface area contributed by atoms with E-state index in [-0.39, 0.29) is 29.9 Å². The van der Waals surface area contributed by atoms with Crippen molar-refractivity contribution >= 4 is 29.2 Å². The van der Waals surface area contributed by atoms with Crippen molar-refractivity contribution in [3.05, 3.63) is 44.6 Å². The standard InChI is InChI=1S/C16H20N4O3.ClH/c1-2-20-15(22)12-6-5-10(8-13(12)18-16(20)23)14(21)19-7-3-4-11(17)9-19;/h5-6,8,11H,2-4,7,9,17H2,1H3,(H,18,23);1H. The fourth-order valence-electron chi connectivity index (χ4n) is 3.05. The Hall–Kier alpha value is -2.12. The highest BCUT2D eigenvalue weighted by Crippen LogP contribution is 2.15. The number of amides is 1. The number of benzene rings is 1. The first-order valence-electron chi connectivity index (χ1n) is 7.83. The smallest absolute Gasteiger partial charge is 0.328 e. The molecule has 3 rings (SSSR count). The van der Waals surface area contributed by atoms with Crippen LogP contribution in [0, 0.1) is 0 Å². The first kappa shape index (κ1) is 18.2. The van der Waals surface area contributed by atoms with Gasteiger partial charge in [0.2, 0.25) is 0 Å². The molecule has 0 radical (unpaired) electrons. The number of fused-ring (bicyclic) bond motifs is 1. The number of likely N-dealkylation sites (tertiary alicyclic amines) is 1. The van der Waals surface area contributed by atoms with Crippen molar-refractivity contribution in [3.63, 3.8) is 0 Å². The summed E-state index contributed by atoms with van der Waals surface area (Å²) >= 11 is 0. The summed E-state index contributed by atoms with van der Waals surface area (Å²) in [5.74, 6) is -0.123. The lowest BCUT2D eigenvalue weighted by Crippen LogP contribution is -2.45. The van der Waals surface area contributed by atoms with Gasteiger partial charge in [-0.3, -0.25) is 14.2 Å². The largest absolute Gasteiger partial charge is 0.337 e. The summed E-state index contributed by atoms with van der Waals surface area (Å²) in [4.78, 5) is 41.1. The molecule has 2 heterocycles. The maximum atomic E-state index is 12.6. The van der Waals surface area contributed by atoms with Gasteiger partial charge in [0.1, 0.15) is 0 Å². The van der Waals surface area contributed by atoms with E-state index in [4.69, 9.17) is 5.73 Å². The third-order valence-electron chi connectivity index (χ3n) is 4.29. The number of H-pyrrole nitrogens is 1. The Morgan fingerprint density at radius 1 is 1.38 bits per heavy atom. The van der Waals surface area contributed by atoms with E-state index in [1.54, 1.807) is 30.0 Å². The predicted octanol–water partition coefficient (Wildman–Crippen LogP) is 0.695. The van der Waals surface area contributed by atoms with Crippen molar-refractivity contribution in [2.75, 3.05) is 13.1 Å². The molecule has 24 heavy (non-hydrogen) atoms. The molecule has 1 amide bonds. The van der Waals surface area contributed by atoms with Gasteiger partial charge in [0.15, 0.2) is 0 Å². The molecular formula is C16H21ClN4O3. The van der Waals surface area contributed by atoms with Crippen LogP contribution in [0.15, 0.2) is 27.8 Å². The molecule has 7 nitrogen and oxygen atoms in total. The van der Waals surface area contributed by atoms with Crippen LogP contribution in [0.4, 0.5) is 0 Å². The monoisotopic (exact) mass is 352 g/mol. The number of nitrogens with one attached hydrogen (secondary N) is 1. The minimum Gasteiger partial charge on any atom is -0.337 e. The fourth-order valence-corrected chi connectivity index (χ4v) is 3.05. The quantitative estimate of drug-likeness (QED) is 0.830. The number of halogens is 1. The molecule has 1 aromatic heterocycles. The van der Waals surface area contributed by atoms with Gasteiger partial charge in [0.25, 0.3) is 11.5 Å². The first-order valence-corrected chi connectivity index (χ1v) is 7.83. The van der Waals surface area contributed by atoms with Crippen LogP contribution in [-0.4, -0.2) is 39.5 Å². The lowest BCUT2D eigenvalue weighted by molar-refractivity contribution is 0.0709. The van der Waals surface area contributed by atoms with Crippen molar-refractivity contribution in [1.82, 2.24) is 14.5 Å². The number of aromatic amines is 1. The third-order valence-corrected chi connectivity index (χ3v) is 4.29. The number of carbonyl (C=O) groups excluding carboxylic acids is 1. The van der Waals surface area contributed by atoms with Gasteiger partial charge in [0.05, 0.1) is 10.9 Å². The Labute approximate surface area is 144 Å². The molecule has 1 aliphatic heterocycles. The molecule has 1 fully saturated rings. The Kier molecular flexibility index (Phi) is 5.46.